The van der Waals surface area contributed by atoms with Crippen LogP contribution in [0.4, 0.5) is 5.13 Å². The Morgan fingerprint density at radius 3 is 2.59 bits per heavy atom. The average Bonchev–Trinajstić information content (AvgIpc) is 3.13. The zero-order valence-corrected chi connectivity index (χ0v) is 17.8. The van der Waals surface area contributed by atoms with Crippen LogP contribution in [0.2, 0.25) is 0 Å². The molecule has 1 heterocycles. The van der Waals surface area contributed by atoms with E-state index in [4.69, 9.17) is 4.74 Å². The Bertz CT molecular complexity index is 866. The summed E-state index contributed by atoms with van der Waals surface area (Å²) in [5, 5.41) is 14.6. The molecular formula is C20H26N4O4S. The molecule has 1 aromatic heterocycles. The Morgan fingerprint density at radius 2 is 1.93 bits per heavy atom. The fourth-order valence-electron chi connectivity index (χ4n) is 2.58. The maximum absolute atomic E-state index is 12.7. The van der Waals surface area contributed by atoms with Crippen LogP contribution in [0.5, 0.6) is 0 Å². The van der Waals surface area contributed by atoms with Gasteiger partial charge >= 0.3 is 5.97 Å². The van der Waals surface area contributed by atoms with Crippen molar-refractivity contribution < 1.29 is 19.1 Å². The van der Waals surface area contributed by atoms with Crippen molar-refractivity contribution in [1.82, 2.24) is 15.5 Å². The van der Waals surface area contributed by atoms with E-state index >= 15 is 0 Å². The van der Waals surface area contributed by atoms with Gasteiger partial charge in [0.15, 0.2) is 0 Å². The largest absolute Gasteiger partial charge is 0.466 e. The Labute approximate surface area is 174 Å². The summed E-state index contributed by atoms with van der Waals surface area (Å²) in [5.74, 6) is -1.35. The predicted molar refractivity (Wildman–Crippen MR) is 111 cm³/mol. The van der Waals surface area contributed by atoms with Gasteiger partial charge in [-0.25, -0.2) is 0 Å². The van der Waals surface area contributed by atoms with Crippen molar-refractivity contribution >= 4 is 34.3 Å². The maximum atomic E-state index is 12.7. The van der Waals surface area contributed by atoms with Crippen molar-refractivity contribution in [2.24, 2.45) is 5.92 Å². The summed E-state index contributed by atoms with van der Waals surface area (Å²) >= 11 is 1.26. The summed E-state index contributed by atoms with van der Waals surface area (Å²) in [6.45, 7) is 7.62. The zero-order chi connectivity index (χ0) is 21.4. The van der Waals surface area contributed by atoms with Gasteiger partial charge in [-0.15, -0.1) is 10.2 Å². The first-order valence-corrected chi connectivity index (χ1v) is 10.3. The standard InChI is InChI=1S/C20H26N4O4S/c1-5-28-16(26)10-9-15(25)21-17(12(2)3)18(27)22-20-24-23-19(29-20)14-8-6-7-13(4)11-14/h6-8,11-12,17H,5,9-10H2,1-4H3,(H,21,25)(H,22,24,27)/t17-/m1/s1. The molecule has 0 aliphatic rings. The number of aryl methyl sites for hydroxylation is 1. The summed E-state index contributed by atoms with van der Waals surface area (Å²) in [7, 11) is 0. The van der Waals surface area contributed by atoms with Crippen LogP contribution >= 0.6 is 11.3 Å². The average molecular weight is 419 g/mol. The first kappa shape index (κ1) is 22.5. The number of ether oxygens (including phenoxy) is 1. The number of carbonyl (C=O) groups excluding carboxylic acids is 3. The number of esters is 1. The van der Waals surface area contributed by atoms with Gasteiger partial charge in [0, 0.05) is 12.0 Å². The molecule has 2 amide bonds. The zero-order valence-electron chi connectivity index (χ0n) is 17.0. The van der Waals surface area contributed by atoms with Gasteiger partial charge in [0.2, 0.25) is 16.9 Å². The van der Waals surface area contributed by atoms with E-state index in [-0.39, 0.29) is 37.2 Å². The molecule has 9 heteroatoms. The lowest BCUT2D eigenvalue weighted by atomic mass is 10.0. The lowest BCUT2D eigenvalue weighted by molar-refractivity contribution is -0.144. The Balaban J connectivity index is 1.97. The lowest BCUT2D eigenvalue weighted by Gasteiger charge is -2.20. The molecule has 0 spiro atoms. The van der Waals surface area contributed by atoms with E-state index in [1.807, 2.05) is 45.0 Å². The number of carbonyl (C=O) groups is 3. The second-order valence-electron chi connectivity index (χ2n) is 6.87. The third kappa shape index (κ3) is 6.94. The normalized spacial score (nSPS) is 11.8. The van der Waals surface area contributed by atoms with Crippen LogP contribution < -0.4 is 10.6 Å². The number of nitrogens with one attached hydrogen (secondary N) is 2. The van der Waals surface area contributed by atoms with Gasteiger partial charge in [0.05, 0.1) is 13.0 Å². The highest BCUT2D eigenvalue weighted by atomic mass is 32.1. The van der Waals surface area contributed by atoms with Gasteiger partial charge in [-0.2, -0.15) is 0 Å². The Hall–Kier alpha value is -2.81. The number of rotatable bonds is 9. The van der Waals surface area contributed by atoms with Crippen molar-refractivity contribution in [3.63, 3.8) is 0 Å². The number of aromatic nitrogens is 2. The third-order valence-electron chi connectivity index (χ3n) is 4.05. The molecule has 2 N–H and O–H groups in total. The highest BCUT2D eigenvalue weighted by molar-refractivity contribution is 7.18. The predicted octanol–water partition coefficient (Wildman–Crippen LogP) is 2.94. The Morgan fingerprint density at radius 1 is 1.17 bits per heavy atom. The Kier molecular flexibility index (Phi) is 8.26. The summed E-state index contributed by atoms with van der Waals surface area (Å²) in [4.78, 5) is 36.2. The van der Waals surface area contributed by atoms with E-state index in [0.717, 1.165) is 11.1 Å². The quantitative estimate of drug-likeness (QED) is 0.606. The smallest absolute Gasteiger partial charge is 0.306 e. The van der Waals surface area contributed by atoms with E-state index in [2.05, 4.69) is 20.8 Å². The van der Waals surface area contributed by atoms with E-state index < -0.39 is 12.0 Å². The molecule has 8 nitrogen and oxygen atoms in total. The van der Waals surface area contributed by atoms with Gasteiger partial charge in [-0.05, 0) is 25.8 Å². The maximum Gasteiger partial charge on any atom is 0.306 e. The highest BCUT2D eigenvalue weighted by Crippen LogP contribution is 2.27. The minimum atomic E-state index is -0.754. The molecule has 2 aromatic rings. The van der Waals surface area contributed by atoms with Gasteiger partial charge < -0.3 is 10.1 Å². The molecule has 0 saturated carbocycles. The van der Waals surface area contributed by atoms with Crippen LogP contribution in [0.25, 0.3) is 10.6 Å². The molecule has 0 bridgehead atoms. The van der Waals surface area contributed by atoms with Crippen molar-refractivity contribution in [3.8, 4) is 10.6 Å². The van der Waals surface area contributed by atoms with Gasteiger partial charge in [-0.1, -0.05) is 48.9 Å². The number of amides is 2. The summed E-state index contributed by atoms with van der Waals surface area (Å²) in [6.07, 6.45) is -0.0615. The van der Waals surface area contributed by atoms with E-state index in [1.165, 1.54) is 11.3 Å². The molecule has 0 unspecified atom stereocenters. The molecular weight excluding hydrogens is 392 g/mol. The van der Waals surface area contributed by atoms with Crippen molar-refractivity contribution in [3.05, 3.63) is 29.8 Å². The van der Waals surface area contributed by atoms with E-state index in [9.17, 15) is 14.4 Å². The van der Waals surface area contributed by atoms with E-state index in [0.29, 0.717) is 10.1 Å². The highest BCUT2D eigenvalue weighted by Gasteiger charge is 2.25. The number of benzene rings is 1. The molecule has 0 saturated heterocycles. The number of nitrogens with zero attached hydrogens (tertiary/aromatic N) is 2. The molecule has 0 radical (unpaired) electrons. The van der Waals surface area contributed by atoms with Crippen LogP contribution in [0.15, 0.2) is 24.3 Å². The first-order chi connectivity index (χ1) is 13.8. The summed E-state index contributed by atoms with van der Waals surface area (Å²) in [5.41, 5.74) is 2.03. The minimum absolute atomic E-state index is 0.0254. The van der Waals surface area contributed by atoms with Crippen LogP contribution in [0.3, 0.4) is 0 Å². The molecule has 0 fully saturated rings. The number of hydrogen-bond donors (Lipinski definition) is 2. The van der Waals surface area contributed by atoms with Crippen LogP contribution in [0.1, 0.15) is 39.2 Å². The second kappa shape index (κ2) is 10.7. The van der Waals surface area contributed by atoms with E-state index in [1.54, 1.807) is 6.92 Å². The molecule has 0 aliphatic heterocycles. The second-order valence-corrected chi connectivity index (χ2v) is 7.84. The van der Waals surface area contributed by atoms with Crippen molar-refractivity contribution in [2.75, 3.05) is 11.9 Å². The summed E-state index contributed by atoms with van der Waals surface area (Å²) < 4.78 is 4.81. The van der Waals surface area contributed by atoms with Crippen molar-refractivity contribution in [1.29, 1.82) is 0 Å². The molecule has 0 aliphatic carbocycles. The number of hydrogen-bond acceptors (Lipinski definition) is 7. The van der Waals surface area contributed by atoms with Crippen LogP contribution in [0, 0.1) is 12.8 Å². The molecule has 2 rings (SSSR count). The summed E-state index contributed by atoms with van der Waals surface area (Å²) in [6, 6.07) is 7.10. The van der Waals surface area contributed by atoms with Gasteiger partial charge in [0.25, 0.3) is 0 Å². The van der Waals surface area contributed by atoms with Crippen LogP contribution in [-0.2, 0) is 19.1 Å². The molecule has 1 aromatic carbocycles. The lowest BCUT2D eigenvalue weighted by Crippen LogP contribution is -2.47. The third-order valence-corrected chi connectivity index (χ3v) is 4.94. The monoisotopic (exact) mass is 418 g/mol. The number of anilines is 1. The molecule has 29 heavy (non-hydrogen) atoms. The topological polar surface area (TPSA) is 110 Å². The fourth-order valence-corrected chi connectivity index (χ4v) is 3.32. The SMILES string of the molecule is CCOC(=O)CCC(=O)N[C@@H](C(=O)Nc1nnc(-c2cccc(C)c2)s1)C(C)C. The fraction of sp³-hybridized carbons (Fsp3) is 0.450. The molecule has 1 atom stereocenters. The van der Waals surface area contributed by atoms with Crippen molar-refractivity contribution in [2.45, 2.75) is 46.6 Å². The molecule has 156 valence electrons. The first-order valence-electron chi connectivity index (χ1n) is 9.46. The van der Waals surface area contributed by atoms with Gasteiger partial charge in [0.1, 0.15) is 11.0 Å². The minimum Gasteiger partial charge on any atom is -0.466 e. The van der Waals surface area contributed by atoms with Crippen LogP contribution in [-0.4, -0.2) is 40.6 Å². The van der Waals surface area contributed by atoms with Gasteiger partial charge in [-0.3, -0.25) is 19.7 Å².